The van der Waals surface area contributed by atoms with Crippen LogP contribution in [0.4, 0.5) is 10.5 Å². The number of rotatable bonds is 8. The predicted molar refractivity (Wildman–Crippen MR) is 121 cm³/mol. The molecule has 0 aliphatic heterocycles. The van der Waals surface area contributed by atoms with Crippen molar-refractivity contribution in [2.75, 3.05) is 18.5 Å². The molecule has 2 aromatic carbocycles. The number of aromatic hydroxyl groups is 1. The zero-order chi connectivity index (χ0) is 23.3. The van der Waals surface area contributed by atoms with Gasteiger partial charge in [0.05, 0.1) is 12.3 Å². The Labute approximate surface area is 185 Å². The fourth-order valence-electron chi connectivity index (χ4n) is 3.29. The van der Waals surface area contributed by atoms with E-state index in [1.54, 1.807) is 24.3 Å². The molecule has 0 saturated heterocycles. The van der Waals surface area contributed by atoms with Crippen molar-refractivity contribution in [3.8, 4) is 17.3 Å². The molecule has 0 aliphatic carbocycles. The van der Waals surface area contributed by atoms with Gasteiger partial charge in [0.1, 0.15) is 11.3 Å². The minimum absolute atomic E-state index is 0.310. The smallest absolute Gasteiger partial charge is 0.319 e. The van der Waals surface area contributed by atoms with Crippen molar-refractivity contribution in [1.82, 2.24) is 14.7 Å². The maximum Gasteiger partial charge on any atom is 0.319 e. The topological polar surface area (TPSA) is 115 Å². The predicted octanol–water partition coefficient (Wildman–Crippen LogP) is 2.90. The number of hydrogen-bond donors (Lipinski definition) is 3. The Morgan fingerprint density at radius 1 is 1.16 bits per heavy atom. The second-order valence-corrected chi connectivity index (χ2v) is 7.39. The van der Waals surface area contributed by atoms with E-state index in [0.717, 1.165) is 11.3 Å². The lowest BCUT2D eigenvalue weighted by Crippen LogP contribution is -2.30. The van der Waals surface area contributed by atoms with Crippen molar-refractivity contribution in [2.45, 2.75) is 20.3 Å². The molecule has 0 saturated carbocycles. The van der Waals surface area contributed by atoms with Gasteiger partial charge in [-0.1, -0.05) is 17.7 Å². The van der Waals surface area contributed by atoms with Crippen molar-refractivity contribution < 1.29 is 19.4 Å². The first kappa shape index (κ1) is 22.7. The van der Waals surface area contributed by atoms with Gasteiger partial charge in [0, 0.05) is 19.3 Å². The van der Waals surface area contributed by atoms with Crippen LogP contribution in [0.3, 0.4) is 0 Å². The van der Waals surface area contributed by atoms with Gasteiger partial charge < -0.3 is 20.5 Å². The van der Waals surface area contributed by atoms with E-state index in [-0.39, 0.29) is 11.6 Å². The van der Waals surface area contributed by atoms with E-state index in [4.69, 9.17) is 4.74 Å². The number of carbonyl (C=O) groups excluding carboxylic acids is 2. The van der Waals surface area contributed by atoms with Gasteiger partial charge in [0.2, 0.25) is 5.88 Å². The van der Waals surface area contributed by atoms with Gasteiger partial charge >= 0.3 is 6.03 Å². The van der Waals surface area contributed by atoms with E-state index in [2.05, 4.69) is 16.7 Å². The van der Waals surface area contributed by atoms with E-state index in [9.17, 15) is 19.5 Å². The molecule has 0 unspecified atom stereocenters. The number of aryl methyl sites for hydroxylation is 2. The Bertz CT molecular complexity index is 1180. The molecule has 9 nitrogen and oxygen atoms in total. The largest absolute Gasteiger partial charge is 0.493 e. The molecule has 3 N–H and O–H groups in total. The zero-order valence-corrected chi connectivity index (χ0v) is 18.2. The summed E-state index contributed by atoms with van der Waals surface area (Å²) in [6, 6.07) is 12.1. The van der Waals surface area contributed by atoms with Crippen molar-refractivity contribution >= 4 is 18.0 Å². The number of ether oxygens (including phenoxy) is 1. The number of amides is 2. The van der Waals surface area contributed by atoms with Gasteiger partial charge in [-0.25, -0.2) is 14.2 Å². The van der Waals surface area contributed by atoms with E-state index < -0.39 is 11.4 Å². The molecule has 0 bridgehead atoms. The lowest BCUT2D eigenvalue weighted by molar-refractivity contribution is 0.111. The molecular formula is C23H26N4O5. The Morgan fingerprint density at radius 3 is 2.50 bits per heavy atom. The van der Waals surface area contributed by atoms with Gasteiger partial charge in [-0.05, 0) is 56.2 Å². The zero-order valence-electron chi connectivity index (χ0n) is 18.2. The lowest BCUT2D eigenvalue weighted by Gasteiger charge is -2.11. The normalized spacial score (nSPS) is 10.6. The Balaban J connectivity index is 1.49. The van der Waals surface area contributed by atoms with Crippen molar-refractivity contribution in [3.63, 3.8) is 0 Å². The van der Waals surface area contributed by atoms with Crippen LogP contribution in [0.1, 0.15) is 27.9 Å². The average molecular weight is 438 g/mol. The number of urea groups is 1. The first-order valence-corrected chi connectivity index (χ1v) is 10.1. The second kappa shape index (κ2) is 9.86. The molecule has 32 heavy (non-hydrogen) atoms. The molecule has 3 rings (SSSR count). The van der Waals surface area contributed by atoms with Crippen molar-refractivity contribution in [2.24, 2.45) is 7.05 Å². The summed E-state index contributed by atoms with van der Waals surface area (Å²) >= 11 is 0. The number of benzene rings is 2. The van der Waals surface area contributed by atoms with Crippen LogP contribution in [-0.4, -0.2) is 39.9 Å². The number of nitrogens with one attached hydrogen (secondary N) is 2. The van der Waals surface area contributed by atoms with Crippen LogP contribution < -0.4 is 20.9 Å². The molecular weight excluding hydrogens is 412 g/mol. The molecule has 1 heterocycles. The van der Waals surface area contributed by atoms with Gasteiger partial charge in [-0.15, -0.1) is 0 Å². The summed E-state index contributed by atoms with van der Waals surface area (Å²) in [7, 11) is 1.47. The highest BCUT2D eigenvalue weighted by Gasteiger charge is 2.17. The highest BCUT2D eigenvalue weighted by molar-refractivity contribution is 5.89. The number of aromatic nitrogens is 2. The van der Waals surface area contributed by atoms with Crippen molar-refractivity contribution in [1.29, 1.82) is 0 Å². The van der Waals surface area contributed by atoms with Crippen LogP contribution in [0.5, 0.6) is 11.6 Å². The third kappa shape index (κ3) is 5.00. The molecule has 1 aromatic heterocycles. The van der Waals surface area contributed by atoms with Crippen LogP contribution >= 0.6 is 0 Å². The van der Waals surface area contributed by atoms with Crippen LogP contribution in [0.2, 0.25) is 0 Å². The fourth-order valence-corrected chi connectivity index (χ4v) is 3.29. The monoisotopic (exact) mass is 438 g/mol. The molecule has 0 spiro atoms. The third-order valence-electron chi connectivity index (χ3n) is 4.95. The molecule has 0 radical (unpaired) electrons. The minimum atomic E-state index is -0.624. The van der Waals surface area contributed by atoms with Crippen LogP contribution in [-0.2, 0) is 7.05 Å². The average Bonchev–Trinajstić information content (AvgIpc) is 2.97. The summed E-state index contributed by atoms with van der Waals surface area (Å²) in [6.07, 6.45) is 0.972. The molecule has 9 heteroatoms. The van der Waals surface area contributed by atoms with Crippen LogP contribution in [0.15, 0.2) is 47.3 Å². The summed E-state index contributed by atoms with van der Waals surface area (Å²) < 4.78 is 8.09. The van der Waals surface area contributed by atoms with E-state index in [1.165, 1.54) is 22.0 Å². The van der Waals surface area contributed by atoms with Gasteiger partial charge in [0.15, 0.2) is 6.29 Å². The number of aldehydes is 1. The molecule has 168 valence electrons. The highest BCUT2D eigenvalue weighted by atomic mass is 16.5. The summed E-state index contributed by atoms with van der Waals surface area (Å²) in [5.74, 6) is 0.430. The van der Waals surface area contributed by atoms with E-state index >= 15 is 0 Å². The maximum absolute atomic E-state index is 12.3. The number of nitrogens with zero attached hydrogens (tertiary/aromatic N) is 2. The number of carbonyl (C=O) groups is 2. The summed E-state index contributed by atoms with van der Waals surface area (Å²) in [6.45, 7) is 4.96. The maximum atomic E-state index is 12.3. The second-order valence-electron chi connectivity index (χ2n) is 7.39. The van der Waals surface area contributed by atoms with E-state index in [1.807, 2.05) is 26.0 Å². The van der Waals surface area contributed by atoms with Gasteiger partial charge in [-0.3, -0.25) is 9.59 Å². The Kier molecular flexibility index (Phi) is 6.99. The Morgan fingerprint density at radius 2 is 1.88 bits per heavy atom. The lowest BCUT2D eigenvalue weighted by atomic mass is 10.1. The SMILES string of the molecule is Cc1ccc(OCCCNC(=O)Nc2ccc(-n3c(=O)c(C=O)c(O)n3C)cc2)c(C)c1. The van der Waals surface area contributed by atoms with Crippen LogP contribution in [0, 0.1) is 13.8 Å². The summed E-state index contributed by atoms with van der Waals surface area (Å²) in [5, 5.41) is 15.4. The van der Waals surface area contributed by atoms with Gasteiger partial charge in [0.25, 0.3) is 5.56 Å². The quantitative estimate of drug-likeness (QED) is 0.370. The van der Waals surface area contributed by atoms with Crippen LogP contribution in [0.25, 0.3) is 5.69 Å². The summed E-state index contributed by atoms with van der Waals surface area (Å²) in [4.78, 5) is 35.4. The third-order valence-corrected chi connectivity index (χ3v) is 4.95. The van der Waals surface area contributed by atoms with E-state index in [0.29, 0.717) is 37.2 Å². The first-order chi connectivity index (χ1) is 15.3. The molecule has 0 fully saturated rings. The molecule has 0 atom stereocenters. The molecule has 3 aromatic rings. The molecule has 0 aliphatic rings. The highest BCUT2D eigenvalue weighted by Crippen LogP contribution is 2.19. The molecule has 2 amide bonds. The summed E-state index contributed by atoms with van der Waals surface area (Å²) in [5.41, 5.74) is 2.29. The van der Waals surface area contributed by atoms with Gasteiger partial charge in [-0.2, -0.15) is 0 Å². The fraction of sp³-hybridized carbons (Fsp3) is 0.261. The number of anilines is 1. The number of hydrogen-bond acceptors (Lipinski definition) is 5. The first-order valence-electron chi connectivity index (χ1n) is 10.1. The minimum Gasteiger partial charge on any atom is -0.493 e. The Hall–Kier alpha value is -4.01. The standard InChI is InChI=1S/C23H26N4O5/c1-15-5-10-20(16(2)13-15)32-12-4-11-24-23(31)25-17-6-8-18(9-7-17)27-22(30)19(14-28)21(29)26(27)3/h5-10,13-14,29H,4,11-12H2,1-3H3,(H2,24,25,31). The van der Waals surface area contributed by atoms with Crippen molar-refractivity contribution in [3.05, 3.63) is 69.5 Å².